The lowest BCUT2D eigenvalue weighted by molar-refractivity contribution is 0.143. The van der Waals surface area contributed by atoms with Gasteiger partial charge in [0.25, 0.3) is 0 Å². The molecule has 0 spiro atoms. The van der Waals surface area contributed by atoms with E-state index >= 15 is 0 Å². The van der Waals surface area contributed by atoms with Crippen molar-refractivity contribution in [3.8, 4) is 0 Å². The molecule has 1 aliphatic rings. The molecule has 1 saturated carbocycles. The Morgan fingerprint density at radius 1 is 1.80 bits per heavy atom. The first-order chi connectivity index (χ1) is 4.66. The van der Waals surface area contributed by atoms with Gasteiger partial charge in [-0.25, -0.2) is 0 Å². The monoisotopic (exact) mass is 140 g/mol. The lowest BCUT2D eigenvalue weighted by atomic mass is 10.1. The first kappa shape index (κ1) is 7.80. The molecule has 0 aliphatic heterocycles. The molecule has 58 valence electrons. The zero-order valence-corrected chi connectivity index (χ0v) is 6.80. The van der Waals surface area contributed by atoms with E-state index in [1.165, 1.54) is 5.57 Å². The molecule has 1 nitrogen and oxygen atoms in total. The van der Waals surface area contributed by atoms with Crippen molar-refractivity contribution in [3.63, 3.8) is 0 Å². The van der Waals surface area contributed by atoms with E-state index in [4.69, 9.17) is 0 Å². The molecule has 3 atom stereocenters. The van der Waals surface area contributed by atoms with Crippen molar-refractivity contribution in [3.05, 3.63) is 12.2 Å². The number of aliphatic hydroxyl groups is 1. The third kappa shape index (κ3) is 1.40. The van der Waals surface area contributed by atoms with Gasteiger partial charge in [0, 0.05) is 0 Å². The fraction of sp³-hybridized carbons (Fsp3) is 0.778. The third-order valence-corrected chi connectivity index (χ3v) is 2.39. The van der Waals surface area contributed by atoms with Gasteiger partial charge in [-0.15, -0.1) is 0 Å². The van der Waals surface area contributed by atoms with E-state index in [1.54, 1.807) is 0 Å². The van der Waals surface area contributed by atoms with Gasteiger partial charge in [-0.1, -0.05) is 19.1 Å². The van der Waals surface area contributed by atoms with Gasteiger partial charge < -0.3 is 5.11 Å². The first-order valence-electron chi connectivity index (χ1n) is 4.00. The van der Waals surface area contributed by atoms with E-state index < -0.39 is 0 Å². The van der Waals surface area contributed by atoms with Crippen molar-refractivity contribution < 1.29 is 5.11 Å². The van der Waals surface area contributed by atoms with Crippen molar-refractivity contribution in [2.45, 2.75) is 32.8 Å². The molecule has 0 aromatic rings. The summed E-state index contributed by atoms with van der Waals surface area (Å²) in [4.78, 5) is 0. The molecule has 0 bridgehead atoms. The predicted octanol–water partition coefficient (Wildman–Crippen LogP) is 1.97. The number of hydrogen-bond acceptors (Lipinski definition) is 1. The highest BCUT2D eigenvalue weighted by Crippen LogP contribution is 2.46. The van der Waals surface area contributed by atoms with E-state index in [0.717, 1.165) is 12.8 Å². The van der Waals surface area contributed by atoms with Crippen LogP contribution in [0.3, 0.4) is 0 Å². The highest BCUT2D eigenvalue weighted by Gasteiger charge is 2.41. The maximum atomic E-state index is 9.38. The molecule has 1 heteroatoms. The van der Waals surface area contributed by atoms with Gasteiger partial charge in [-0.05, 0) is 31.6 Å². The Kier molecular flexibility index (Phi) is 2.14. The Hall–Kier alpha value is -0.300. The summed E-state index contributed by atoms with van der Waals surface area (Å²) >= 11 is 0. The zero-order chi connectivity index (χ0) is 7.72. The van der Waals surface area contributed by atoms with Gasteiger partial charge in [0.15, 0.2) is 0 Å². The second-order valence-electron chi connectivity index (χ2n) is 3.33. The predicted molar refractivity (Wildman–Crippen MR) is 42.7 cm³/mol. The summed E-state index contributed by atoms with van der Waals surface area (Å²) in [6.07, 6.45) is 1.96. The van der Waals surface area contributed by atoms with Crippen LogP contribution in [0.4, 0.5) is 0 Å². The van der Waals surface area contributed by atoms with Gasteiger partial charge >= 0.3 is 0 Å². The summed E-state index contributed by atoms with van der Waals surface area (Å²) in [6.45, 7) is 7.95. The van der Waals surface area contributed by atoms with Crippen LogP contribution in [0, 0.1) is 11.8 Å². The van der Waals surface area contributed by atoms with Crippen molar-refractivity contribution >= 4 is 0 Å². The molecule has 0 aromatic heterocycles. The molecule has 1 fully saturated rings. The summed E-state index contributed by atoms with van der Waals surface area (Å²) in [7, 11) is 0. The average Bonchev–Trinajstić information content (AvgIpc) is 2.64. The molecule has 0 aromatic carbocycles. The Balaban J connectivity index is 2.31. The number of allylic oxidation sites excluding steroid dienone is 1. The van der Waals surface area contributed by atoms with Crippen LogP contribution < -0.4 is 0 Å². The van der Waals surface area contributed by atoms with Crippen LogP contribution in [0.1, 0.15) is 26.7 Å². The Morgan fingerprint density at radius 3 is 2.70 bits per heavy atom. The summed E-state index contributed by atoms with van der Waals surface area (Å²) in [6, 6.07) is 0. The van der Waals surface area contributed by atoms with Crippen molar-refractivity contribution in [2.24, 2.45) is 11.8 Å². The Morgan fingerprint density at radius 2 is 2.40 bits per heavy atom. The van der Waals surface area contributed by atoms with Gasteiger partial charge in [-0.2, -0.15) is 0 Å². The van der Waals surface area contributed by atoms with Crippen LogP contribution in [-0.2, 0) is 0 Å². The highest BCUT2D eigenvalue weighted by molar-refractivity contribution is 5.10. The molecule has 0 amide bonds. The van der Waals surface area contributed by atoms with Crippen LogP contribution in [0.5, 0.6) is 0 Å². The van der Waals surface area contributed by atoms with E-state index in [1.807, 2.05) is 13.8 Å². The first-order valence-corrected chi connectivity index (χ1v) is 4.00. The Bertz CT molecular complexity index is 140. The van der Waals surface area contributed by atoms with Crippen LogP contribution in [0.25, 0.3) is 0 Å². The lowest BCUT2D eigenvalue weighted by Gasteiger charge is -2.05. The average molecular weight is 140 g/mol. The van der Waals surface area contributed by atoms with Crippen LogP contribution in [0.2, 0.25) is 0 Å². The molecule has 0 heterocycles. The minimum absolute atomic E-state index is 0.0818. The molecule has 0 radical (unpaired) electrons. The topological polar surface area (TPSA) is 20.2 Å². The number of rotatable bonds is 3. The van der Waals surface area contributed by atoms with Crippen LogP contribution in [-0.4, -0.2) is 11.2 Å². The van der Waals surface area contributed by atoms with Crippen molar-refractivity contribution in [2.75, 3.05) is 0 Å². The van der Waals surface area contributed by atoms with E-state index in [2.05, 4.69) is 6.58 Å². The van der Waals surface area contributed by atoms with Crippen LogP contribution in [0.15, 0.2) is 12.2 Å². The quantitative estimate of drug-likeness (QED) is 0.594. The molecule has 1 aliphatic carbocycles. The maximum Gasteiger partial charge on any atom is 0.0571 e. The maximum absolute atomic E-state index is 9.38. The highest BCUT2D eigenvalue weighted by atomic mass is 16.3. The van der Waals surface area contributed by atoms with Crippen molar-refractivity contribution in [1.82, 2.24) is 0 Å². The molecule has 1 N–H and O–H groups in total. The summed E-state index contributed by atoms with van der Waals surface area (Å²) < 4.78 is 0. The van der Waals surface area contributed by atoms with E-state index in [9.17, 15) is 5.11 Å². The largest absolute Gasteiger partial charge is 0.393 e. The normalized spacial score (nSPS) is 33.5. The Labute approximate surface area is 62.8 Å². The minimum Gasteiger partial charge on any atom is -0.393 e. The number of aliphatic hydroxyl groups excluding tert-OH is 1. The van der Waals surface area contributed by atoms with E-state index in [-0.39, 0.29) is 6.10 Å². The fourth-order valence-corrected chi connectivity index (χ4v) is 1.51. The molecular weight excluding hydrogens is 124 g/mol. The molecule has 1 rings (SSSR count). The fourth-order valence-electron chi connectivity index (χ4n) is 1.51. The van der Waals surface area contributed by atoms with Crippen LogP contribution >= 0.6 is 0 Å². The van der Waals surface area contributed by atoms with Gasteiger partial charge in [0.1, 0.15) is 0 Å². The molecule has 0 saturated heterocycles. The summed E-state index contributed by atoms with van der Waals surface area (Å²) in [5.41, 5.74) is 1.23. The molecule has 10 heavy (non-hydrogen) atoms. The molecular formula is C9H16O. The van der Waals surface area contributed by atoms with Gasteiger partial charge in [0.2, 0.25) is 0 Å². The summed E-state index contributed by atoms with van der Waals surface area (Å²) in [5.74, 6) is 1.15. The lowest BCUT2D eigenvalue weighted by Crippen LogP contribution is -2.08. The van der Waals surface area contributed by atoms with Crippen molar-refractivity contribution in [1.29, 1.82) is 0 Å². The van der Waals surface area contributed by atoms with Gasteiger partial charge in [-0.3, -0.25) is 0 Å². The van der Waals surface area contributed by atoms with Gasteiger partial charge in [0.05, 0.1) is 6.10 Å². The smallest absolute Gasteiger partial charge is 0.0571 e. The standard InChI is InChI=1S/C9H16O/c1-4-9(10)8-5-7(8)6(2)3/h7-10H,2,4-5H2,1,3H3/t7-,8-,9-/m1/s1. The molecule has 0 unspecified atom stereocenters. The van der Waals surface area contributed by atoms with E-state index in [0.29, 0.717) is 11.8 Å². The third-order valence-electron chi connectivity index (χ3n) is 2.39. The second kappa shape index (κ2) is 2.75. The zero-order valence-electron chi connectivity index (χ0n) is 6.80. The number of hydrogen-bond donors (Lipinski definition) is 1. The summed E-state index contributed by atoms with van der Waals surface area (Å²) in [5, 5.41) is 9.38. The SMILES string of the molecule is C=C(C)[C@H]1C[C@H]1[C@H](O)CC. The second-order valence-corrected chi connectivity index (χ2v) is 3.33. The minimum atomic E-state index is -0.0818.